The third kappa shape index (κ3) is 3.81. The Morgan fingerprint density at radius 2 is 1.20 bits per heavy atom. The standard InChI is InChI=1S/C38H28N6/c1-4-12-25(13-5-1)36-40-37(26-14-6-2-7-15-26)42-38(41-36)44-31-19-11-10-18-28(31)29-20-21-33-34(35(29)44)30-24-39-23-22-32(30)43(33)27-16-8-3-9-17-27/h1-9,12-17,20-24H,10-11,18-19H2. The molecular formula is C38H28N6. The van der Waals surface area contributed by atoms with Gasteiger partial charge < -0.3 is 4.57 Å². The second-order valence-electron chi connectivity index (χ2n) is 11.4. The molecular weight excluding hydrogens is 540 g/mol. The number of hydrogen-bond donors (Lipinski definition) is 0. The molecule has 1 aliphatic carbocycles. The van der Waals surface area contributed by atoms with E-state index in [1.807, 2.05) is 48.8 Å². The second kappa shape index (κ2) is 9.99. The van der Waals surface area contributed by atoms with Gasteiger partial charge in [0.1, 0.15) is 0 Å². The van der Waals surface area contributed by atoms with Crippen molar-refractivity contribution in [3.05, 3.63) is 133 Å². The van der Waals surface area contributed by atoms with E-state index in [2.05, 4.69) is 86.9 Å². The molecule has 0 aliphatic heterocycles. The number of fused-ring (bicyclic) bond motifs is 7. The fourth-order valence-corrected chi connectivity index (χ4v) is 6.95. The Labute approximate surface area is 254 Å². The first kappa shape index (κ1) is 24.9. The summed E-state index contributed by atoms with van der Waals surface area (Å²) < 4.78 is 4.69. The number of rotatable bonds is 4. The quantitative estimate of drug-likeness (QED) is 0.214. The Hall–Kier alpha value is -5.62. The van der Waals surface area contributed by atoms with Gasteiger partial charge >= 0.3 is 0 Å². The molecule has 0 radical (unpaired) electrons. The van der Waals surface area contributed by atoms with Crippen LogP contribution in [0.2, 0.25) is 0 Å². The summed E-state index contributed by atoms with van der Waals surface area (Å²) in [6.45, 7) is 0. The first-order valence-electron chi connectivity index (χ1n) is 15.2. The van der Waals surface area contributed by atoms with Gasteiger partial charge in [0.05, 0.1) is 16.6 Å². The summed E-state index contributed by atoms with van der Waals surface area (Å²) in [5.74, 6) is 1.99. The molecule has 0 amide bonds. The van der Waals surface area contributed by atoms with E-state index in [4.69, 9.17) is 15.0 Å². The molecule has 4 heterocycles. The molecule has 44 heavy (non-hydrogen) atoms. The highest BCUT2D eigenvalue weighted by Gasteiger charge is 2.27. The van der Waals surface area contributed by atoms with Crippen LogP contribution in [0, 0.1) is 0 Å². The van der Waals surface area contributed by atoms with E-state index >= 15 is 0 Å². The maximum absolute atomic E-state index is 5.20. The Morgan fingerprint density at radius 3 is 1.91 bits per heavy atom. The molecule has 1 aliphatic rings. The fourth-order valence-electron chi connectivity index (χ4n) is 6.95. The van der Waals surface area contributed by atoms with Crippen molar-refractivity contribution < 1.29 is 0 Å². The zero-order chi connectivity index (χ0) is 29.0. The fraction of sp³-hybridized carbons (Fsp3) is 0.105. The van der Waals surface area contributed by atoms with E-state index < -0.39 is 0 Å². The van der Waals surface area contributed by atoms with Gasteiger partial charge in [0.2, 0.25) is 5.95 Å². The molecule has 9 rings (SSSR count). The van der Waals surface area contributed by atoms with Gasteiger partial charge in [-0.3, -0.25) is 9.55 Å². The van der Waals surface area contributed by atoms with Crippen LogP contribution in [0.15, 0.2) is 122 Å². The van der Waals surface area contributed by atoms with Crippen molar-refractivity contribution in [2.24, 2.45) is 0 Å². The largest absolute Gasteiger partial charge is 0.309 e. The number of benzene rings is 4. The molecule has 6 nitrogen and oxygen atoms in total. The summed E-state index contributed by atoms with van der Waals surface area (Å²) in [6, 6.07) is 37.7. The number of hydrogen-bond acceptors (Lipinski definition) is 4. The SMILES string of the molecule is c1ccc(-c2nc(-c3ccccc3)nc(-n3c4c(c5ccc6c(c7cnccc7n6-c6ccccc6)c53)CCCC4)n2)cc1. The summed E-state index contributed by atoms with van der Waals surface area (Å²) in [6.07, 6.45) is 8.23. The van der Waals surface area contributed by atoms with Crippen molar-refractivity contribution in [3.63, 3.8) is 0 Å². The molecule has 0 N–H and O–H groups in total. The topological polar surface area (TPSA) is 61.4 Å². The number of aryl methyl sites for hydroxylation is 1. The Kier molecular flexibility index (Phi) is 5.66. The van der Waals surface area contributed by atoms with E-state index in [1.54, 1.807) is 0 Å². The lowest BCUT2D eigenvalue weighted by Gasteiger charge is -2.16. The third-order valence-corrected chi connectivity index (χ3v) is 8.86. The van der Waals surface area contributed by atoms with Crippen molar-refractivity contribution in [2.45, 2.75) is 25.7 Å². The molecule has 6 heteroatoms. The van der Waals surface area contributed by atoms with Crippen molar-refractivity contribution >= 4 is 32.7 Å². The van der Waals surface area contributed by atoms with Gasteiger partial charge in [-0.2, -0.15) is 9.97 Å². The Balaban J connectivity index is 1.43. The average molecular weight is 569 g/mol. The minimum atomic E-state index is 0.655. The summed E-state index contributed by atoms with van der Waals surface area (Å²) >= 11 is 0. The third-order valence-electron chi connectivity index (χ3n) is 8.86. The van der Waals surface area contributed by atoms with Crippen LogP contribution in [0.1, 0.15) is 24.1 Å². The van der Waals surface area contributed by atoms with Crippen molar-refractivity contribution in [1.82, 2.24) is 29.1 Å². The first-order valence-corrected chi connectivity index (χ1v) is 15.2. The average Bonchev–Trinajstić information content (AvgIpc) is 3.62. The van der Waals surface area contributed by atoms with Crippen LogP contribution in [-0.4, -0.2) is 29.1 Å². The molecule has 4 aromatic carbocycles. The van der Waals surface area contributed by atoms with Crippen LogP contribution >= 0.6 is 0 Å². The highest BCUT2D eigenvalue weighted by molar-refractivity contribution is 6.21. The second-order valence-corrected chi connectivity index (χ2v) is 11.4. The van der Waals surface area contributed by atoms with Crippen LogP contribution in [-0.2, 0) is 12.8 Å². The summed E-state index contributed by atoms with van der Waals surface area (Å²) in [4.78, 5) is 20.0. The van der Waals surface area contributed by atoms with Gasteiger partial charge in [0.25, 0.3) is 0 Å². The van der Waals surface area contributed by atoms with Crippen LogP contribution in [0.3, 0.4) is 0 Å². The van der Waals surface area contributed by atoms with Gasteiger partial charge in [0, 0.05) is 51.1 Å². The lowest BCUT2D eigenvalue weighted by atomic mass is 9.95. The number of aromatic nitrogens is 6. The minimum absolute atomic E-state index is 0.655. The van der Waals surface area contributed by atoms with Gasteiger partial charge in [-0.25, -0.2) is 4.98 Å². The predicted octanol–water partition coefficient (Wildman–Crippen LogP) is 8.52. The molecule has 0 bridgehead atoms. The van der Waals surface area contributed by atoms with E-state index in [0.717, 1.165) is 58.0 Å². The maximum atomic E-state index is 5.20. The molecule has 0 saturated carbocycles. The maximum Gasteiger partial charge on any atom is 0.238 e. The molecule has 4 aromatic heterocycles. The summed E-state index contributed by atoms with van der Waals surface area (Å²) in [5.41, 5.74) is 9.17. The van der Waals surface area contributed by atoms with Gasteiger partial charge in [-0.1, -0.05) is 84.9 Å². The predicted molar refractivity (Wildman–Crippen MR) is 176 cm³/mol. The molecule has 0 fully saturated rings. The molecule has 0 spiro atoms. The van der Waals surface area contributed by atoms with Gasteiger partial charge in [0.15, 0.2) is 11.6 Å². The molecule has 0 saturated heterocycles. The van der Waals surface area contributed by atoms with E-state index in [0.29, 0.717) is 17.6 Å². The van der Waals surface area contributed by atoms with Crippen molar-refractivity contribution in [2.75, 3.05) is 0 Å². The Bertz CT molecular complexity index is 2260. The number of para-hydroxylation sites is 1. The van der Waals surface area contributed by atoms with Crippen LogP contribution in [0.4, 0.5) is 0 Å². The molecule has 0 unspecified atom stereocenters. The van der Waals surface area contributed by atoms with E-state index in [-0.39, 0.29) is 0 Å². The molecule has 210 valence electrons. The molecule has 0 atom stereocenters. The summed E-state index contributed by atoms with van der Waals surface area (Å²) in [5, 5.41) is 3.56. The zero-order valence-electron chi connectivity index (χ0n) is 24.1. The van der Waals surface area contributed by atoms with Crippen LogP contribution < -0.4 is 0 Å². The summed E-state index contributed by atoms with van der Waals surface area (Å²) in [7, 11) is 0. The van der Waals surface area contributed by atoms with Crippen LogP contribution in [0.25, 0.3) is 67.1 Å². The highest BCUT2D eigenvalue weighted by atomic mass is 15.2. The molecule has 8 aromatic rings. The lowest BCUT2D eigenvalue weighted by Crippen LogP contribution is -2.11. The Morgan fingerprint density at radius 1 is 0.545 bits per heavy atom. The van der Waals surface area contributed by atoms with E-state index in [9.17, 15) is 0 Å². The lowest BCUT2D eigenvalue weighted by molar-refractivity contribution is 0.661. The van der Waals surface area contributed by atoms with Gasteiger partial charge in [-0.15, -0.1) is 0 Å². The van der Waals surface area contributed by atoms with E-state index in [1.165, 1.54) is 28.5 Å². The number of pyridine rings is 1. The normalized spacial score (nSPS) is 13.1. The smallest absolute Gasteiger partial charge is 0.238 e. The minimum Gasteiger partial charge on any atom is -0.309 e. The van der Waals surface area contributed by atoms with Gasteiger partial charge in [-0.05, 0) is 55.5 Å². The highest BCUT2D eigenvalue weighted by Crippen LogP contribution is 2.42. The van der Waals surface area contributed by atoms with Crippen LogP contribution in [0.5, 0.6) is 0 Å². The first-order chi connectivity index (χ1) is 21.8. The van der Waals surface area contributed by atoms with Crippen molar-refractivity contribution in [1.29, 1.82) is 0 Å². The zero-order valence-corrected chi connectivity index (χ0v) is 24.1. The van der Waals surface area contributed by atoms with Crippen molar-refractivity contribution in [3.8, 4) is 34.4 Å². The monoisotopic (exact) mass is 568 g/mol. The number of nitrogens with zero attached hydrogens (tertiary/aromatic N) is 6.